The highest BCUT2D eigenvalue weighted by Gasteiger charge is 2.26. The van der Waals surface area contributed by atoms with Crippen LogP contribution in [0.4, 0.5) is 0 Å². The van der Waals surface area contributed by atoms with E-state index >= 15 is 0 Å². The van der Waals surface area contributed by atoms with E-state index in [1.54, 1.807) is 0 Å². The lowest BCUT2D eigenvalue weighted by atomic mass is 10.0. The highest BCUT2D eigenvalue weighted by Crippen LogP contribution is 2.31. The van der Waals surface area contributed by atoms with Crippen molar-refractivity contribution in [2.24, 2.45) is 5.92 Å². The van der Waals surface area contributed by atoms with Crippen molar-refractivity contribution >= 4 is 11.0 Å². The lowest BCUT2D eigenvalue weighted by Gasteiger charge is -2.18. The van der Waals surface area contributed by atoms with Gasteiger partial charge in [-0.3, -0.25) is 0 Å². The molecule has 5 rings (SSSR count). The van der Waals surface area contributed by atoms with E-state index in [1.165, 1.54) is 36.3 Å². The van der Waals surface area contributed by atoms with E-state index in [0.29, 0.717) is 5.56 Å². The van der Waals surface area contributed by atoms with Crippen LogP contribution in [0.25, 0.3) is 22.2 Å². The molecule has 1 aliphatic carbocycles. The number of imidazole rings is 1. The Morgan fingerprint density at radius 3 is 2.58 bits per heavy atom. The zero-order valence-electron chi connectivity index (χ0n) is 14.9. The van der Waals surface area contributed by atoms with Gasteiger partial charge in [-0.25, -0.2) is 4.98 Å². The van der Waals surface area contributed by atoms with Crippen molar-refractivity contribution in [3.05, 3.63) is 53.9 Å². The van der Waals surface area contributed by atoms with E-state index in [0.717, 1.165) is 43.1 Å². The van der Waals surface area contributed by atoms with Crippen molar-refractivity contribution < 1.29 is 0 Å². The Morgan fingerprint density at radius 2 is 1.81 bits per heavy atom. The quantitative estimate of drug-likeness (QED) is 0.726. The molecular weight excluding hydrogens is 320 g/mol. The second-order valence-corrected chi connectivity index (χ2v) is 7.57. The lowest BCUT2D eigenvalue weighted by molar-refractivity contribution is 0.269. The molecule has 0 saturated heterocycles. The molecule has 4 heteroatoms. The van der Waals surface area contributed by atoms with Crippen LogP contribution >= 0.6 is 0 Å². The molecule has 2 heterocycles. The second-order valence-electron chi connectivity index (χ2n) is 7.57. The van der Waals surface area contributed by atoms with E-state index in [2.05, 4.69) is 33.7 Å². The molecule has 1 aromatic heterocycles. The van der Waals surface area contributed by atoms with Gasteiger partial charge in [0.15, 0.2) is 0 Å². The molecule has 26 heavy (non-hydrogen) atoms. The summed E-state index contributed by atoms with van der Waals surface area (Å²) < 4.78 is 2.41. The number of rotatable bonds is 3. The molecule has 0 radical (unpaired) electrons. The van der Waals surface area contributed by atoms with Gasteiger partial charge in [-0.1, -0.05) is 18.2 Å². The summed E-state index contributed by atoms with van der Waals surface area (Å²) in [5.41, 5.74) is 5.35. The Kier molecular flexibility index (Phi) is 3.76. The molecule has 0 unspecified atom stereocenters. The fourth-order valence-corrected chi connectivity index (χ4v) is 3.99. The number of nitrogens with zero attached hydrogens (tertiary/aromatic N) is 4. The van der Waals surface area contributed by atoms with Crippen LogP contribution < -0.4 is 0 Å². The predicted molar refractivity (Wildman–Crippen MR) is 103 cm³/mol. The van der Waals surface area contributed by atoms with Gasteiger partial charge in [-0.05, 0) is 54.2 Å². The monoisotopic (exact) mass is 342 g/mol. The minimum Gasteiger partial charge on any atom is -0.327 e. The first-order valence-electron chi connectivity index (χ1n) is 9.52. The van der Waals surface area contributed by atoms with E-state index in [9.17, 15) is 0 Å². The van der Waals surface area contributed by atoms with Gasteiger partial charge < -0.3 is 9.47 Å². The van der Waals surface area contributed by atoms with Gasteiger partial charge >= 0.3 is 0 Å². The Labute approximate surface area is 153 Å². The lowest BCUT2D eigenvalue weighted by Crippen LogP contribution is -2.29. The molecule has 2 aliphatic rings. The van der Waals surface area contributed by atoms with Crippen LogP contribution in [0.5, 0.6) is 0 Å². The van der Waals surface area contributed by atoms with Crippen LogP contribution in [0, 0.1) is 17.2 Å². The standard InChI is InChI=1S/C22H22N4/c23-14-16-3-5-18(6-4-16)19-7-8-20-21(13-19)26-12-11-25(15-17-1-2-17)10-9-22(26)24-20/h3-8,13,17H,1-2,9-12,15H2. The molecule has 1 saturated carbocycles. The summed E-state index contributed by atoms with van der Waals surface area (Å²) in [7, 11) is 0. The molecule has 130 valence electrons. The summed E-state index contributed by atoms with van der Waals surface area (Å²) in [4.78, 5) is 7.51. The summed E-state index contributed by atoms with van der Waals surface area (Å²) in [5.74, 6) is 2.16. The Bertz CT molecular complexity index is 989. The maximum absolute atomic E-state index is 8.99. The number of nitriles is 1. The maximum atomic E-state index is 8.99. The van der Waals surface area contributed by atoms with Gasteiger partial charge in [0.05, 0.1) is 22.7 Å². The Hall–Kier alpha value is -2.64. The van der Waals surface area contributed by atoms with Crippen LogP contribution in [0.3, 0.4) is 0 Å². The van der Waals surface area contributed by atoms with E-state index in [4.69, 9.17) is 10.2 Å². The van der Waals surface area contributed by atoms with E-state index in [1.807, 2.05) is 24.3 Å². The predicted octanol–water partition coefficient (Wildman–Crippen LogP) is 3.84. The first-order valence-corrected chi connectivity index (χ1v) is 9.52. The van der Waals surface area contributed by atoms with Crippen molar-refractivity contribution in [3.8, 4) is 17.2 Å². The van der Waals surface area contributed by atoms with Crippen LogP contribution in [0.2, 0.25) is 0 Å². The fraction of sp³-hybridized carbons (Fsp3) is 0.364. The average Bonchev–Trinajstić information content (AvgIpc) is 3.46. The SMILES string of the molecule is N#Cc1ccc(-c2ccc3nc4n(c3c2)CCN(CC2CC2)CC4)cc1. The normalized spacial score (nSPS) is 17.7. The fourth-order valence-electron chi connectivity index (χ4n) is 3.99. The van der Waals surface area contributed by atoms with Crippen LogP contribution in [-0.4, -0.2) is 34.1 Å². The van der Waals surface area contributed by atoms with Gasteiger partial charge in [0.1, 0.15) is 5.82 Å². The Balaban J connectivity index is 1.47. The smallest absolute Gasteiger partial charge is 0.111 e. The number of fused-ring (bicyclic) bond motifs is 3. The summed E-state index contributed by atoms with van der Waals surface area (Å²) in [6, 6.07) is 16.5. The largest absolute Gasteiger partial charge is 0.327 e. The number of benzene rings is 2. The zero-order valence-corrected chi connectivity index (χ0v) is 14.9. The van der Waals surface area contributed by atoms with Crippen LogP contribution in [-0.2, 0) is 13.0 Å². The van der Waals surface area contributed by atoms with Crippen LogP contribution in [0.15, 0.2) is 42.5 Å². The molecule has 1 aliphatic heterocycles. The highest BCUT2D eigenvalue weighted by atomic mass is 15.2. The third kappa shape index (κ3) is 2.89. The van der Waals surface area contributed by atoms with E-state index < -0.39 is 0 Å². The molecule has 0 amide bonds. The molecule has 0 atom stereocenters. The van der Waals surface area contributed by atoms with Crippen molar-refractivity contribution in [1.82, 2.24) is 14.5 Å². The number of hydrogen-bond acceptors (Lipinski definition) is 3. The van der Waals surface area contributed by atoms with Crippen molar-refractivity contribution in [3.63, 3.8) is 0 Å². The average molecular weight is 342 g/mol. The first kappa shape index (κ1) is 15.6. The minimum absolute atomic E-state index is 0.698. The molecule has 4 nitrogen and oxygen atoms in total. The first-order chi connectivity index (χ1) is 12.8. The topological polar surface area (TPSA) is 44.9 Å². The van der Waals surface area contributed by atoms with Crippen molar-refractivity contribution in [1.29, 1.82) is 5.26 Å². The van der Waals surface area contributed by atoms with Gasteiger partial charge in [0, 0.05) is 32.6 Å². The molecule has 0 N–H and O–H groups in total. The van der Waals surface area contributed by atoms with Gasteiger partial charge in [0.2, 0.25) is 0 Å². The zero-order chi connectivity index (χ0) is 17.5. The second kappa shape index (κ2) is 6.26. The summed E-state index contributed by atoms with van der Waals surface area (Å²) in [6.45, 7) is 4.53. The van der Waals surface area contributed by atoms with Crippen molar-refractivity contribution in [2.45, 2.75) is 25.8 Å². The minimum atomic E-state index is 0.698. The molecular formula is C22H22N4. The van der Waals surface area contributed by atoms with E-state index in [-0.39, 0.29) is 0 Å². The molecule has 0 spiro atoms. The molecule has 0 bridgehead atoms. The van der Waals surface area contributed by atoms with Gasteiger partial charge in [-0.15, -0.1) is 0 Å². The highest BCUT2D eigenvalue weighted by molar-refractivity contribution is 5.83. The molecule has 3 aromatic rings. The third-order valence-electron chi connectivity index (χ3n) is 5.68. The molecule has 2 aromatic carbocycles. The number of hydrogen-bond donors (Lipinski definition) is 0. The Morgan fingerprint density at radius 1 is 1.00 bits per heavy atom. The van der Waals surface area contributed by atoms with Gasteiger partial charge in [0.25, 0.3) is 0 Å². The van der Waals surface area contributed by atoms with Crippen LogP contribution in [0.1, 0.15) is 24.2 Å². The molecule has 1 fully saturated rings. The number of aromatic nitrogens is 2. The van der Waals surface area contributed by atoms with Crippen molar-refractivity contribution in [2.75, 3.05) is 19.6 Å². The summed E-state index contributed by atoms with van der Waals surface area (Å²) >= 11 is 0. The summed E-state index contributed by atoms with van der Waals surface area (Å²) in [6.07, 6.45) is 3.86. The maximum Gasteiger partial charge on any atom is 0.111 e. The third-order valence-corrected chi connectivity index (χ3v) is 5.68. The van der Waals surface area contributed by atoms with Gasteiger partial charge in [-0.2, -0.15) is 5.26 Å². The summed E-state index contributed by atoms with van der Waals surface area (Å²) in [5, 5.41) is 8.99.